The Hall–Kier alpha value is -3.91. The summed E-state index contributed by atoms with van der Waals surface area (Å²) in [6, 6.07) is 20.0. The highest BCUT2D eigenvalue weighted by molar-refractivity contribution is 7.98. The topological polar surface area (TPSA) is 57.5 Å². The second-order valence-corrected chi connectivity index (χ2v) is 8.49. The van der Waals surface area contributed by atoms with Crippen LogP contribution < -0.4 is 10.2 Å². The first-order chi connectivity index (χ1) is 16.9. The van der Waals surface area contributed by atoms with Crippen LogP contribution in [0, 0.1) is 11.6 Å². The molecule has 5 nitrogen and oxygen atoms in total. The minimum absolute atomic E-state index is 0.138. The molecule has 1 aromatic heterocycles. The lowest BCUT2D eigenvalue weighted by Crippen LogP contribution is -2.22. The molecule has 0 radical (unpaired) electrons. The van der Waals surface area contributed by atoms with Gasteiger partial charge in [-0.2, -0.15) is 0 Å². The maximum Gasteiger partial charge on any atom is 0.344 e. The van der Waals surface area contributed by atoms with Crippen molar-refractivity contribution < 1.29 is 23.0 Å². The zero-order valence-electron chi connectivity index (χ0n) is 19.0. The number of aromatic nitrogens is 1. The summed E-state index contributed by atoms with van der Waals surface area (Å²) in [6.07, 6.45) is 0. The zero-order chi connectivity index (χ0) is 24.9. The van der Waals surface area contributed by atoms with E-state index in [9.17, 15) is 18.4 Å². The Bertz CT molecular complexity index is 1400. The fourth-order valence-corrected chi connectivity index (χ4v) is 4.72. The number of methoxy groups -OCH3 is 2. The van der Waals surface area contributed by atoms with Gasteiger partial charge in [0.05, 0.1) is 24.9 Å². The van der Waals surface area contributed by atoms with E-state index in [1.165, 1.54) is 49.2 Å². The van der Waals surface area contributed by atoms with Gasteiger partial charge in [-0.25, -0.2) is 13.6 Å². The molecule has 1 heterocycles. The summed E-state index contributed by atoms with van der Waals surface area (Å²) in [6.45, 7) is 0. The molecule has 178 valence electrons. The largest absolute Gasteiger partial charge is 0.497 e. The van der Waals surface area contributed by atoms with E-state index in [0.29, 0.717) is 33.5 Å². The standard InChI is InChI=1S/C27H21F2NO4S/c1-33-22-13-3-17(4-14-22)16-35-26-25(27(32)34-2)24(31)15-23(18-5-7-19(28)8-6-18)30(26)21-11-9-20(29)10-12-21/h3-15H,16H2,1-2H3. The molecule has 0 saturated heterocycles. The van der Waals surface area contributed by atoms with E-state index in [1.54, 1.807) is 35.9 Å². The molecule has 0 aliphatic rings. The number of esters is 1. The Morgan fingerprint density at radius 3 is 2.06 bits per heavy atom. The first-order valence-corrected chi connectivity index (χ1v) is 11.6. The van der Waals surface area contributed by atoms with Crippen molar-refractivity contribution in [1.82, 2.24) is 4.57 Å². The minimum atomic E-state index is -0.784. The van der Waals surface area contributed by atoms with Crippen molar-refractivity contribution in [2.45, 2.75) is 10.8 Å². The molecule has 0 fully saturated rings. The molecule has 0 aliphatic heterocycles. The lowest BCUT2D eigenvalue weighted by atomic mass is 10.1. The van der Waals surface area contributed by atoms with Crippen LogP contribution in [0.5, 0.6) is 5.75 Å². The summed E-state index contributed by atoms with van der Waals surface area (Å²) in [5.41, 5.74) is 1.75. The van der Waals surface area contributed by atoms with Gasteiger partial charge in [-0.1, -0.05) is 12.1 Å². The van der Waals surface area contributed by atoms with Crippen molar-refractivity contribution in [2.24, 2.45) is 0 Å². The second-order valence-electron chi connectivity index (χ2n) is 7.52. The molecule has 0 N–H and O–H groups in total. The third-order valence-electron chi connectivity index (χ3n) is 5.32. The molecule has 4 rings (SSSR count). The van der Waals surface area contributed by atoms with Gasteiger partial charge in [-0.15, -0.1) is 11.8 Å². The van der Waals surface area contributed by atoms with Gasteiger partial charge < -0.3 is 14.0 Å². The van der Waals surface area contributed by atoms with E-state index in [2.05, 4.69) is 0 Å². The number of hydrogen-bond donors (Lipinski definition) is 0. The average molecular weight is 494 g/mol. The summed E-state index contributed by atoms with van der Waals surface area (Å²) >= 11 is 1.26. The van der Waals surface area contributed by atoms with E-state index < -0.39 is 23.0 Å². The summed E-state index contributed by atoms with van der Waals surface area (Å²) in [4.78, 5) is 25.9. The Labute approximate surface area is 204 Å². The van der Waals surface area contributed by atoms with Crippen molar-refractivity contribution >= 4 is 17.7 Å². The molecule has 0 unspecified atom stereocenters. The highest BCUT2D eigenvalue weighted by Crippen LogP contribution is 2.33. The van der Waals surface area contributed by atoms with Gasteiger partial charge in [0.1, 0.15) is 22.9 Å². The molecule has 3 aromatic carbocycles. The number of benzene rings is 3. The summed E-state index contributed by atoms with van der Waals surface area (Å²) in [5, 5.41) is 0.325. The maximum absolute atomic E-state index is 13.7. The van der Waals surface area contributed by atoms with Crippen LogP contribution in [0.4, 0.5) is 8.78 Å². The van der Waals surface area contributed by atoms with Crippen LogP contribution in [0.1, 0.15) is 15.9 Å². The van der Waals surface area contributed by atoms with Crippen LogP contribution in [0.15, 0.2) is 88.7 Å². The summed E-state index contributed by atoms with van der Waals surface area (Å²) in [7, 11) is 2.78. The third-order valence-corrected chi connectivity index (χ3v) is 6.46. The Kier molecular flexibility index (Phi) is 7.31. The highest BCUT2D eigenvalue weighted by atomic mass is 32.2. The number of hydrogen-bond acceptors (Lipinski definition) is 5. The molecule has 35 heavy (non-hydrogen) atoms. The quantitative estimate of drug-likeness (QED) is 0.238. The smallest absolute Gasteiger partial charge is 0.344 e. The lowest BCUT2D eigenvalue weighted by molar-refractivity contribution is 0.0593. The van der Waals surface area contributed by atoms with Crippen molar-refractivity contribution in [3.8, 4) is 22.7 Å². The SMILES string of the molecule is COC(=O)c1c(SCc2ccc(OC)cc2)n(-c2ccc(F)cc2)c(-c2ccc(F)cc2)cc1=O. The first kappa shape index (κ1) is 24.2. The van der Waals surface area contributed by atoms with Gasteiger partial charge in [0.15, 0.2) is 5.43 Å². The van der Waals surface area contributed by atoms with Crippen LogP contribution in [-0.2, 0) is 10.5 Å². The maximum atomic E-state index is 13.7. The molecule has 8 heteroatoms. The molecular formula is C27H21F2NO4S. The number of carbonyl (C=O) groups is 1. The number of thioether (sulfide) groups is 1. The monoisotopic (exact) mass is 493 g/mol. The van der Waals surface area contributed by atoms with Gasteiger partial charge in [0.2, 0.25) is 0 Å². The van der Waals surface area contributed by atoms with Crippen molar-refractivity contribution in [3.63, 3.8) is 0 Å². The summed E-state index contributed by atoms with van der Waals surface area (Å²) in [5.74, 6) is -0.519. The summed E-state index contributed by atoms with van der Waals surface area (Å²) < 4.78 is 39.2. The number of nitrogens with zero attached hydrogens (tertiary/aromatic N) is 1. The number of rotatable bonds is 7. The Morgan fingerprint density at radius 2 is 1.49 bits per heavy atom. The number of carbonyl (C=O) groups excluding carboxylic acids is 1. The van der Waals surface area contributed by atoms with Gasteiger partial charge in [0.25, 0.3) is 0 Å². The van der Waals surface area contributed by atoms with Crippen LogP contribution in [0.2, 0.25) is 0 Å². The van der Waals surface area contributed by atoms with E-state index >= 15 is 0 Å². The average Bonchev–Trinajstić information content (AvgIpc) is 2.88. The van der Waals surface area contributed by atoms with Gasteiger partial charge in [-0.05, 0) is 71.8 Å². The molecule has 4 aromatic rings. The Balaban J connectivity index is 1.94. The molecular weight excluding hydrogens is 472 g/mol. The zero-order valence-corrected chi connectivity index (χ0v) is 19.8. The molecule has 0 amide bonds. The van der Waals surface area contributed by atoms with Gasteiger partial charge >= 0.3 is 5.97 Å². The predicted molar refractivity (Wildman–Crippen MR) is 131 cm³/mol. The predicted octanol–water partition coefficient (Wildman–Crippen LogP) is 5.87. The van der Waals surface area contributed by atoms with E-state index in [1.807, 2.05) is 24.3 Å². The van der Waals surface area contributed by atoms with Gasteiger partial charge in [0, 0.05) is 17.5 Å². The normalized spacial score (nSPS) is 10.7. The minimum Gasteiger partial charge on any atom is -0.497 e. The first-order valence-electron chi connectivity index (χ1n) is 10.6. The van der Waals surface area contributed by atoms with Crippen LogP contribution in [0.3, 0.4) is 0 Å². The van der Waals surface area contributed by atoms with E-state index in [0.717, 1.165) is 5.56 Å². The fraction of sp³-hybridized carbons (Fsp3) is 0.111. The highest BCUT2D eigenvalue weighted by Gasteiger charge is 2.24. The number of halogens is 2. The Morgan fingerprint density at radius 1 is 0.886 bits per heavy atom. The van der Waals surface area contributed by atoms with Crippen LogP contribution >= 0.6 is 11.8 Å². The third kappa shape index (κ3) is 5.27. The van der Waals surface area contributed by atoms with Crippen molar-refractivity contribution in [1.29, 1.82) is 0 Å². The molecule has 0 bridgehead atoms. The molecule has 0 atom stereocenters. The number of pyridine rings is 1. The van der Waals surface area contributed by atoms with Gasteiger partial charge in [-0.3, -0.25) is 4.79 Å². The molecule has 0 aliphatic carbocycles. The van der Waals surface area contributed by atoms with Crippen LogP contribution in [0.25, 0.3) is 16.9 Å². The fourth-order valence-electron chi connectivity index (χ4n) is 3.57. The second kappa shape index (κ2) is 10.6. The molecule has 0 spiro atoms. The van der Waals surface area contributed by atoms with Crippen molar-refractivity contribution in [2.75, 3.05) is 14.2 Å². The van der Waals surface area contributed by atoms with E-state index in [4.69, 9.17) is 9.47 Å². The number of ether oxygens (including phenoxy) is 2. The van der Waals surface area contributed by atoms with E-state index in [-0.39, 0.29) is 5.56 Å². The van der Waals surface area contributed by atoms with Crippen molar-refractivity contribution in [3.05, 3.63) is 112 Å². The van der Waals surface area contributed by atoms with Crippen LogP contribution in [-0.4, -0.2) is 24.8 Å². The molecule has 0 saturated carbocycles. The lowest BCUT2D eigenvalue weighted by Gasteiger charge is -2.21.